The Balaban J connectivity index is 1.88. The zero-order valence-corrected chi connectivity index (χ0v) is 50.6. The number of primary amides is 2. The van der Waals surface area contributed by atoms with Gasteiger partial charge in [-0.05, 0) is 55.0 Å². The van der Waals surface area contributed by atoms with Gasteiger partial charge in [-0.15, -0.1) is 0 Å². The van der Waals surface area contributed by atoms with Crippen molar-refractivity contribution in [3.8, 4) is 5.75 Å². The molecule has 0 bridgehead atoms. The highest BCUT2D eigenvalue weighted by Gasteiger charge is 2.35. The van der Waals surface area contributed by atoms with Crippen molar-refractivity contribution < 1.29 is 92.3 Å². The number of aliphatic imine (C=N–C) groups is 1. The SMILES string of the molecule is CC(=O)N[C@@H](CCCN=C(N)N)C(=O)N[C@@H](CCC(=O)O)C(=O)NCC(=O)N[C@@H](CO)C(=O)N[C@@H](Cc1ccc(O)cc1)C(=O)N[C@@H](Cc1ccccc1)C(=O)N[C@@H](Cc1ccccc1)C(=O)NCC(=O)N[C@@H](CC(=O)O)C(=O)N[C@@H](CC(N)=O)C(=O)N[C@@H](C)C(N)=O. The van der Waals surface area contributed by atoms with E-state index < -0.39 is 188 Å². The minimum absolute atomic E-state index is 0.0123. The average molecular weight is 1300 g/mol. The van der Waals surface area contributed by atoms with Crippen molar-refractivity contribution in [1.29, 1.82) is 0 Å². The van der Waals surface area contributed by atoms with Gasteiger partial charge >= 0.3 is 11.9 Å². The molecule has 9 atom stereocenters. The normalized spacial score (nSPS) is 13.6. The van der Waals surface area contributed by atoms with E-state index in [2.05, 4.69) is 63.5 Å². The van der Waals surface area contributed by atoms with Crippen LogP contribution in [0.3, 0.4) is 0 Å². The first kappa shape index (κ1) is 76.0. The van der Waals surface area contributed by atoms with Crippen molar-refractivity contribution in [2.45, 2.75) is 126 Å². The number of benzene rings is 3. The molecule has 0 aliphatic rings. The zero-order chi connectivity index (χ0) is 69.3. The van der Waals surface area contributed by atoms with Crippen molar-refractivity contribution in [3.63, 3.8) is 0 Å². The average Bonchev–Trinajstić information content (AvgIpc) is 1.11. The molecule has 0 saturated heterocycles. The highest BCUT2D eigenvalue weighted by Crippen LogP contribution is 2.14. The van der Waals surface area contributed by atoms with E-state index in [-0.39, 0.29) is 50.4 Å². The van der Waals surface area contributed by atoms with Crippen molar-refractivity contribution in [1.82, 2.24) is 58.5 Å². The van der Waals surface area contributed by atoms with Crippen molar-refractivity contribution in [2.24, 2.45) is 27.9 Å². The van der Waals surface area contributed by atoms with Crippen LogP contribution in [0.25, 0.3) is 0 Å². The number of guanidine groups is 1. The number of aliphatic hydroxyl groups excluding tert-OH is 1. The molecule has 0 aliphatic carbocycles. The largest absolute Gasteiger partial charge is 0.508 e. The number of phenolic OH excluding ortho intramolecular Hbond substituents is 1. The van der Waals surface area contributed by atoms with Crippen LogP contribution in [0.15, 0.2) is 89.9 Å². The van der Waals surface area contributed by atoms with Gasteiger partial charge < -0.3 is 102 Å². The van der Waals surface area contributed by atoms with E-state index in [4.69, 9.17) is 22.9 Å². The Kier molecular flexibility index (Phi) is 31.9. The number of hydrogen-bond donors (Lipinski definition) is 19. The third-order valence-corrected chi connectivity index (χ3v) is 13.3. The van der Waals surface area contributed by atoms with E-state index in [1.807, 2.05) is 0 Å². The summed E-state index contributed by atoms with van der Waals surface area (Å²) in [4.78, 5) is 199. The van der Waals surface area contributed by atoms with Gasteiger partial charge in [-0.25, -0.2) is 0 Å². The predicted octanol–water partition coefficient (Wildman–Crippen LogP) is -7.20. The van der Waals surface area contributed by atoms with Crippen LogP contribution >= 0.6 is 0 Å². The molecule has 0 aliphatic heterocycles. The van der Waals surface area contributed by atoms with Crippen molar-refractivity contribution in [3.05, 3.63) is 102 Å². The second-order valence-corrected chi connectivity index (χ2v) is 20.9. The molecule has 93 heavy (non-hydrogen) atoms. The van der Waals surface area contributed by atoms with Crippen LogP contribution in [0, 0.1) is 0 Å². The summed E-state index contributed by atoms with van der Waals surface area (Å²) >= 11 is 0. The number of nitrogens with one attached hydrogen (secondary N) is 11. The number of carbonyl (C=O) groups excluding carboxylic acids is 13. The van der Waals surface area contributed by atoms with E-state index in [9.17, 15) is 92.3 Å². The maximum absolute atomic E-state index is 14.6. The van der Waals surface area contributed by atoms with E-state index in [0.717, 1.165) is 6.92 Å². The van der Waals surface area contributed by atoms with Gasteiger partial charge in [0.15, 0.2) is 5.96 Å². The summed E-state index contributed by atoms with van der Waals surface area (Å²) in [6, 6.07) is 7.15. The Morgan fingerprint density at radius 1 is 0.452 bits per heavy atom. The molecule has 35 heteroatoms. The second kappa shape index (κ2) is 39.0. The van der Waals surface area contributed by atoms with Crippen molar-refractivity contribution in [2.75, 3.05) is 26.2 Å². The molecule has 23 N–H and O–H groups in total. The summed E-state index contributed by atoms with van der Waals surface area (Å²) in [6.07, 6.45) is -3.74. The number of amides is 13. The molecule has 13 amide bonds. The summed E-state index contributed by atoms with van der Waals surface area (Å²) in [7, 11) is 0. The number of rotatable bonds is 40. The lowest BCUT2D eigenvalue weighted by molar-refractivity contribution is -0.141. The Labute approximate surface area is 531 Å². The molecule has 0 spiro atoms. The fourth-order valence-corrected chi connectivity index (χ4v) is 8.56. The zero-order valence-electron chi connectivity index (χ0n) is 50.6. The number of aromatic hydroxyl groups is 1. The number of hydrogen-bond acceptors (Lipinski definition) is 18. The maximum Gasteiger partial charge on any atom is 0.305 e. The van der Waals surface area contributed by atoms with Gasteiger partial charge in [-0.1, -0.05) is 72.8 Å². The van der Waals surface area contributed by atoms with Gasteiger partial charge in [0, 0.05) is 39.2 Å². The molecule has 0 aromatic heterocycles. The number of aliphatic hydroxyl groups is 1. The number of nitrogens with zero attached hydrogens (tertiary/aromatic N) is 1. The van der Waals surface area contributed by atoms with Crippen LogP contribution in [-0.2, 0) is 91.2 Å². The molecule has 0 saturated carbocycles. The number of nitrogens with two attached hydrogens (primary N) is 4. The first-order valence-corrected chi connectivity index (χ1v) is 28.7. The highest BCUT2D eigenvalue weighted by molar-refractivity contribution is 6.00. The summed E-state index contributed by atoms with van der Waals surface area (Å²) in [5.74, 6) is -16.9. The summed E-state index contributed by atoms with van der Waals surface area (Å²) in [5.41, 5.74) is 22.4. The van der Waals surface area contributed by atoms with E-state index >= 15 is 0 Å². The lowest BCUT2D eigenvalue weighted by Crippen LogP contribution is -2.60. The lowest BCUT2D eigenvalue weighted by Gasteiger charge is -2.27. The molecule has 0 heterocycles. The number of carboxylic acid groups (broad SMARTS) is 2. The standard InChI is InChI=1S/C58H78N16O19/c1-30(49(60)85)66-53(89)41(25-44(59)78)74-56(92)42(26-48(83)84)68-45(79)27-65-51(87)38(22-32-10-5-3-6-11-32)71-54(90)39(23-33-12-7-4-8-13-33)72-55(91)40(24-34-15-17-35(77)18-16-34)73-57(93)43(29-75)69-46(80)28-64-50(86)37(19-20-47(81)82)70-52(88)36(67-31(2)76)14-9-21-63-58(61)62/h3-8,10-13,15-18,30,36-43,75,77H,9,14,19-29H2,1-2H3,(H2,59,78)(H2,60,85)(H,64,86)(H,65,87)(H,66,89)(H,67,76)(H,68,79)(H,69,80)(H,70,88)(H,71,90)(H,72,91)(H,73,93)(H,74,92)(H,81,82)(H,83,84)(H4,61,62,63)/t30-,36-,37-,38-,39-,40-,41-,42-,43-/m0/s1. The fourth-order valence-electron chi connectivity index (χ4n) is 8.56. The van der Waals surface area contributed by atoms with Crippen molar-refractivity contribution >= 4 is 94.7 Å². The van der Waals surface area contributed by atoms with Gasteiger partial charge in [0.05, 0.1) is 32.5 Å². The number of phenols is 1. The Morgan fingerprint density at radius 3 is 1.30 bits per heavy atom. The smallest absolute Gasteiger partial charge is 0.305 e. The van der Waals surface area contributed by atoms with Gasteiger partial charge in [-0.2, -0.15) is 0 Å². The Morgan fingerprint density at radius 2 is 0.849 bits per heavy atom. The van der Waals surface area contributed by atoms with Gasteiger partial charge in [0.2, 0.25) is 76.8 Å². The van der Waals surface area contributed by atoms with Crippen LogP contribution in [0.2, 0.25) is 0 Å². The Bertz CT molecular complexity index is 3170. The predicted molar refractivity (Wildman–Crippen MR) is 326 cm³/mol. The van der Waals surface area contributed by atoms with Gasteiger partial charge in [-0.3, -0.25) is 76.9 Å². The minimum Gasteiger partial charge on any atom is -0.508 e. The van der Waals surface area contributed by atoms with E-state index in [0.29, 0.717) is 16.7 Å². The first-order valence-electron chi connectivity index (χ1n) is 28.7. The summed E-state index contributed by atoms with van der Waals surface area (Å²) in [6.45, 7) is -0.580. The minimum atomic E-state index is -1.94. The number of carbonyl (C=O) groups is 15. The maximum atomic E-state index is 14.6. The monoisotopic (exact) mass is 1300 g/mol. The molecule has 0 unspecified atom stereocenters. The molecule has 35 nitrogen and oxygen atoms in total. The molecule has 3 aromatic rings. The molecule has 3 aromatic carbocycles. The first-order chi connectivity index (χ1) is 43.9. The van der Waals surface area contributed by atoms with E-state index in [1.165, 1.54) is 31.2 Å². The van der Waals surface area contributed by atoms with Gasteiger partial charge in [0.25, 0.3) is 0 Å². The molecule has 0 fully saturated rings. The quantitative estimate of drug-likeness (QED) is 0.0143. The molecule has 504 valence electrons. The highest BCUT2D eigenvalue weighted by atomic mass is 16.4. The topological polar surface area (TPSA) is 586 Å². The molecular formula is C58H78N16O19. The molecular weight excluding hydrogens is 1220 g/mol. The number of carboxylic acids is 2. The second-order valence-electron chi connectivity index (χ2n) is 20.9. The van der Waals surface area contributed by atoms with Crippen LogP contribution in [0.1, 0.15) is 69.1 Å². The summed E-state index contributed by atoms with van der Waals surface area (Å²) in [5, 5.41) is 64.9. The molecule has 3 rings (SSSR count). The van der Waals surface area contributed by atoms with Crippen LogP contribution in [-0.4, -0.2) is 196 Å². The van der Waals surface area contributed by atoms with Gasteiger partial charge in [0.1, 0.15) is 60.1 Å². The third-order valence-electron chi connectivity index (χ3n) is 13.3. The Hall–Kier alpha value is -11.3. The lowest BCUT2D eigenvalue weighted by atomic mass is 10.0. The van der Waals surface area contributed by atoms with Crippen LogP contribution in [0.4, 0.5) is 0 Å². The fraction of sp³-hybridized carbons (Fsp3) is 0.414. The summed E-state index contributed by atoms with van der Waals surface area (Å²) < 4.78 is 0. The van der Waals surface area contributed by atoms with E-state index in [1.54, 1.807) is 60.7 Å². The molecule has 0 radical (unpaired) electrons. The third kappa shape index (κ3) is 29.3. The number of aliphatic carboxylic acids is 2. The van der Waals surface area contributed by atoms with Crippen LogP contribution < -0.4 is 81.4 Å². The van der Waals surface area contributed by atoms with Crippen LogP contribution in [0.5, 0.6) is 5.75 Å².